The second-order valence-corrected chi connectivity index (χ2v) is 5.39. The molecule has 0 radical (unpaired) electrons. The van der Waals surface area contributed by atoms with Crippen molar-refractivity contribution in [2.45, 2.75) is 19.5 Å². The van der Waals surface area contributed by atoms with Gasteiger partial charge in [0.25, 0.3) is 0 Å². The first kappa shape index (κ1) is 15.2. The Bertz CT molecular complexity index is 597. The van der Waals surface area contributed by atoms with Crippen LogP contribution in [0.4, 0.5) is 8.78 Å². The third-order valence-electron chi connectivity index (χ3n) is 2.96. The van der Waals surface area contributed by atoms with Crippen molar-refractivity contribution in [3.05, 3.63) is 69.2 Å². The van der Waals surface area contributed by atoms with Crippen LogP contribution in [0.25, 0.3) is 0 Å². The summed E-state index contributed by atoms with van der Waals surface area (Å²) in [5.74, 6) is -1.17. The molecule has 0 amide bonds. The highest BCUT2D eigenvalue weighted by molar-refractivity contribution is 6.35. The Morgan fingerprint density at radius 2 is 1.70 bits per heavy atom. The molecule has 1 nitrogen and oxygen atoms in total. The van der Waals surface area contributed by atoms with Gasteiger partial charge in [0.1, 0.15) is 11.6 Å². The van der Waals surface area contributed by atoms with Crippen LogP contribution in [0.2, 0.25) is 10.0 Å². The number of halogens is 4. The molecule has 1 atom stereocenters. The molecule has 0 heterocycles. The number of benzene rings is 2. The number of rotatable bonds is 4. The van der Waals surface area contributed by atoms with E-state index < -0.39 is 11.6 Å². The SMILES string of the molecule is CC(NCc1cc(F)cc(F)c1)c1ccc(Cl)cc1Cl. The van der Waals surface area contributed by atoms with Crippen molar-refractivity contribution in [1.29, 1.82) is 0 Å². The molecule has 2 aromatic rings. The Balaban J connectivity index is 2.06. The van der Waals surface area contributed by atoms with E-state index in [4.69, 9.17) is 23.2 Å². The first-order valence-corrected chi connectivity index (χ1v) is 6.84. The molecule has 2 rings (SSSR count). The van der Waals surface area contributed by atoms with Gasteiger partial charge in [-0.05, 0) is 42.3 Å². The zero-order chi connectivity index (χ0) is 14.7. The normalized spacial score (nSPS) is 12.4. The van der Waals surface area contributed by atoms with Gasteiger partial charge in [0.15, 0.2) is 0 Å². The van der Waals surface area contributed by atoms with E-state index in [0.29, 0.717) is 22.2 Å². The molecule has 0 aliphatic rings. The van der Waals surface area contributed by atoms with Crippen LogP contribution >= 0.6 is 23.2 Å². The molecule has 0 aromatic heterocycles. The summed E-state index contributed by atoms with van der Waals surface area (Å²) in [6, 6.07) is 8.63. The summed E-state index contributed by atoms with van der Waals surface area (Å²) in [5, 5.41) is 4.30. The van der Waals surface area contributed by atoms with E-state index in [1.807, 2.05) is 13.0 Å². The van der Waals surface area contributed by atoms with Gasteiger partial charge in [-0.1, -0.05) is 29.3 Å². The Labute approximate surface area is 126 Å². The Hall–Kier alpha value is -1.16. The number of nitrogens with one attached hydrogen (secondary N) is 1. The lowest BCUT2D eigenvalue weighted by molar-refractivity contribution is 0.554. The summed E-state index contributed by atoms with van der Waals surface area (Å²) in [4.78, 5) is 0. The molecule has 1 unspecified atom stereocenters. The number of hydrogen-bond donors (Lipinski definition) is 1. The molecule has 5 heteroatoms. The molecule has 1 N–H and O–H groups in total. The summed E-state index contributed by atoms with van der Waals surface area (Å²) >= 11 is 12.0. The lowest BCUT2D eigenvalue weighted by Crippen LogP contribution is -2.18. The van der Waals surface area contributed by atoms with Crippen LogP contribution in [-0.2, 0) is 6.54 Å². The van der Waals surface area contributed by atoms with Gasteiger partial charge >= 0.3 is 0 Å². The fraction of sp³-hybridized carbons (Fsp3) is 0.200. The average molecular weight is 316 g/mol. The molecule has 0 fully saturated rings. The van der Waals surface area contributed by atoms with Crippen molar-refractivity contribution in [2.75, 3.05) is 0 Å². The van der Waals surface area contributed by atoms with E-state index in [1.165, 1.54) is 12.1 Å². The van der Waals surface area contributed by atoms with Gasteiger partial charge in [-0.15, -0.1) is 0 Å². The molecule has 0 aliphatic heterocycles. The topological polar surface area (TPSA) is 12.0 Å². The highest BCUT2D eigenvalue weighted by Crippen LogP contribution is 2.26. The zero-order valence-electron chi connectivity index (χ0n) is 10.8. The van der Waals surface area contributed by atoms with Gasteiger partial charge < -0.3 is 5.32 Å². The minimum atomic E-state index is -0.584. The van der Waals surface area contributed by atoms with Gasteiger partial charge in [-0.25, -0.2) is 8.78 Å². The van der Waals surface area contributed by atoms with E-state index in [1.54, 1.807) is 12.1 Å². The van der Waals surface area contributed by atoms with Crippen molar-refractivity contribution in [1.82, 2.24) is 5.32 Å². The van der Waals surface area contributed by atoms with Crippen molar-refractivity contribution in [3.63, 3.8) is 0 Å². The minimum absolute atomic E-state index is 0.0638. The van der Waals surface area contributed by atoms with Gasteiger partial charge in [-0.3, -0.25) is 0 Å². The zero-order valence-corrected chi connectivity index (χ0v) is 12.3. The summed E-state index contributed by atoms with van der Waals surface area (Å²) in [7, 11) is 0. The maximum atomic E-state index is 13.1. The van der Waals surface area contributed by atoms with Crippen LogP contribution in [0.3, 0.4) is 0 Å². The Kier molecular flexibility index (Phi) is 4.97. The lowest BCUT2D eigenvalue weighted by Gasteiger charge is -2.16. The van der Waals surface area contributed by atoms with Crippen LogP contribution in [0, 0.1) is 11.6 Å². The van der Waals surface area contributed by atoms with Crippen LogP contribution in [0.1, 0.15) is 24.1 Å². The first-order valence-electron chi connectivity index (χ1n) is 6.09. The second-order valence-electron chi connectivity index (χ2n) is 4.55. The van der Waals surface area contributed by atoms with Gasteiger partial charge in [0.2, 0.25) is 0 Å². The monoisotopic (exact) mass is 315 g/mol. The van der Waals surface area contributed by atoms with Crippen molar-refractivity contribution >= 4 is 23.2 Å². The predicted octanol–water partition coefficient (Wildman–Crippen LogP) is 5.12. The minimum Gasteiger partial charge on any atom is -0.306 e. The number of hydrogen-bond acceptors (Lipinski definition) is 1. The Morgan fingerprint density at radius 3 is 2.30 bits per heavy atom. The quantitative estimate of drug-likeness (QED) is 0.825. The average Bonchev–Trinajstić information content (AvgIpc) is 2.35. The third-order valence-corrected chi connectivity index (χ3v) is 3.53. The molecule has 0 saturated heterocycles. The molecular formula is C15H13Cl2F2N. The Morgan fingerprint density at radius 1 is 1.05 bits per heavy atom. The molecule has 20 heavy (non-hydrogen) atoms. The summed E-state index contributed by atoms with van der Waals surface area (Å²) in [6.07, 6.45) is 0. The molecule has 0 bridgehead atoms. The van der Waals surface area contributed by atoms with E-state index in [2.05, 4.69) is 5.32 Å². The molecule has 0 saturated carbocycles. The first-order chi connectivity index (χ1) is 9.45. The summed E-state index contributed by atoms with van der Waals surface area (Å²) < 4.78 is 26.2. The van der Waals surface area contributed by atoms with E-state index in [0.717, 1.165) is 11.6 Å². The van der Waals surface area contributed by atoms with Crippen molar-refractivity contribution in [2.24, 2.45) is 0 Å². The standard InChI is InChI=1S/C15H13Cl2F2N/c1-9(14-3-2-11(16)6-15(14)17)20-8-10-4-12(18)7-13(19)5-10/h2-7,9,20H,8H2,1H3. The van der Waals surface area contributed by atoms with Crippen LogP contribution < -0.4 is 5.32 Å². The van der Waals surface area contributed by atoms with Crippen molar-refractivity contribution < 1.29 is 8.78 Å². The van der Waals surface area contributed by atoms with E-state index >= 15 is 0 Å². The fourth-order valence-electron chi connectivity index (χ4n) is 1.95. The molecule has 2 aromatic carbocycles. The highest BCUT2D eigenvalue weighted by Gasteiger charge is 2.10. The van der Waals surface area contributed by atoms with Crippen LogP contribution in [-0.4, -0.2) is 0 Å². The maximum absolute atomic E-state index is 13.1. The third kappa shape index (κ3) is 3.92. The molecule has 106 valence electrons. The van der Waals surface area contributed by atoms with Gasteiger partial charge in [-0.2, -0.15) is 0 Å². The smallest absolute Gasteiger partial charge is 0.126 e. The molecule has 0 spiro atoms. The predicted molar refractivity (Wildman–Crippen MR) is 78.1 cm³/mol. The van der Waals surface area contributed by atoms with Crippen LogP contribution in [0.5, 0.6) is 0 Å². The van der Waals surface area contributed by atoms with Crippen molar-refractivity contribution in [3.8, 4) is 0 Å². The molecule has 0 aliphatic carbocycles. The largest absolute Gasteiger partial charge is 0.306 e. The van der Waals surface area contributed by atoms with Gasteiger partial charge in [0.05, 0.1) is 0 Å². The van der Waals surface area contributed by atoms with E-state index in [-0.39, 0.29) is 6.04 Å². The van der Waals surface area contributed by atoms with Gasteiger partial charge in [0, 0.05) is 28.7 Å². The summed E-state index contributed by atoms with van der Waals surface area (Å²) in [5.41, 5.74) is 1.42. The lowest BCUT2D eigenvalue weighted by atomic mass is 10.1. The summed E-state index contributed by atoms with van der Waals surface area (Å²) in [6.45, 7) is 2.26. The van der Waals surface area contributed by atoms with E-state index in [9.17, 15) is 8.78 Å². The van der Waals surface area contributed by atoms with Crippen LogP contribution in [0.15, 0.2) is 36.4 Å². The fourth-order valence-corrected chi connectivity index (χ4v) is 2.52. The maximum Gasteiger partial charge on any atom is 0.126 e. The second kappa shape index (κ2) is 6.53. The highest BCUT2D eigenvalue weighted by atomic mass is 35.5. The molecular weight excluding hydrogens is 303 g/mol.